The molecule has 2 aromatic rings. The van der Waals surface area contributed by atoms with Crippen LogP contribution in [-0.4, -0.2) is 23.9 Å². The molecule has 1 aliphatic carbocycles. The smallest absolute Gasteiger partial charge is 0.387 e. The van der Waals surface area contributed by atoms with Crippen molar-refractivity contribution in [3.05, 3.63) is 40.6 Å². The summed E-state index contributed by atoms with van der Waals surface area (Å²) in [5, 5.41) is 6.77. The molecular weight excluding hydrogens is 348 g/mol. The van der Waals surface area contributed by atoms with E-state index >= 15 is 0 Å². The summed E-state index contributed by atoms with van der Waals surface area (Å²) in [5.74, 6) is -0.0302. The topological polar surface area (TPSA) is 63.2 Å². The molecular formula is C17H19F2N3O2S. The molecule has 134 valence electrons. The van der Waals surface area contributed by atoms with Gasteiger partial charge in [0.25, 0.3) is 5.91 Å². The molecule has 1 atom stereocenters. The van der Waals surface area contributed by atoms with Crippen LogP contribution in [0.4, 0.5) is 13.8 Å². The SMILES string of the molecule is CNc1snc(C)c1C(=O)N[C@@H]1CCCc2cc(OC(F)F)ccc21. The van der Waals surface area contributed by atoms with E-state index in [1.807, 2.05) is 0 Å². The number of carbonyl (C=O) groups excluding carboxylic acids is 1. The Balaban J connectivity index is 1.81. The third-order valence-electron chi connectivity index (χ3n) is 4.28. The lowest BCUT2D eigenvalue weighted by Gasteiger charge is -2.27. The standard InChI is InChI=1S/C17H19F2N3O2S/c1-9-14(16(20-2)25-22-9)15(23)21-13-5-3-4-10-8-11(24-17(18)19)6-7-12(10)13/h6-8,13,17,20H,3-5H2,1-2H3,(H,21,23)/t13-/m1/s1. The van der Waals surface area contributed by atoms with E-state index in [9.17, 15) is 13.6 Å². The Labute approximate surface area is 148 Å². The zero-order chi connectivity index (χ0) is 18.0. The molecule has 0 saturated heterocycles. The Morgan fingerprint density at radius 1 is 1.44 bits per heavy atom. The molecule has 1 heterocycles. The summed E-state index contributed by atoms with van der Waals surface area (Å²) < 4.78 is 33.4. The van der Waals surface area contributed by atoms with Crippen LogP contribution in [0.25, 0.3) is 0 Å². The van der Waals surface area contributed by atoms with Crippen LogP contribution < -0.4 is 15.4 Å². The van der Waals surface area contributed by atoms with E-state index in [0.717, 1.165) is 35.4 Å². The average Bonchev–Trinajstić information content (AvgIpc) is 2.95. The summed E-state index contributed by atoms with van der Waals surface area (Å²) in [6.07, 6.45) is 2.46. The number of rotatable bonds is 5. The van der Waals surface area contributed by atoms with Crippen molar-refractivity contribution >= 4 is 22.4 Å². The van der Waals surface area contributed by atoms with Crippen molar-refractivity contribution in [1.29, 1.82) is 0 Å². The molecule has 5 nitrogen and oxygen atoms in total. The van der Waals surface area contributed by atoms with Gasteiger partial charge < -0.3 is 15.4 Å². The van der Waals surface area contributed by atoms with Crippen LogP contribution in [0, 0.1) is 6.92 Å². The first-order valence-corrected chi connectivity index (χ1v) is 8.79. The number of carbonyl (C=O) groups is 1. The molecule has 1 aromatic carbocycles. The van der Waals surface area contributed by atoms with Crippen molar-refractivity contribution in [2.75, 3.05) is 12.4 Å². The Morgan fingerprint density at radius 2 is 2.24 bits per heavy atom. The molecule has 1 amide bonds. The minimum absolute atomic E-state index is 0.149. The fourth-order valence-corrected chi connectivity index (χ4v) is 3.90. The summed E-state index contributed by atoms with van der Waals surface area (Å²) in [7, 11) is 1.75. The quantitative estimate of drug-likeness (QED) is 0.841. The number of alkyl halides is 2. The fourth-order valence-electron chi connectivity index (χ4n) is 3.15. The Kier molecular flexibility index (Phi) is 5.17. The van der Waals surface area contributed by atoms with E-state index in [1.165, 1.54) is 17.6 Å². The first kappa shape index (κ1) is 17.6. The first-order valence-electron chi connectivity index (χ1n) is 8.02. The third kappa shape index (κ3) is 3.73. The summed E-state index contributed by atoms with van der Waals surface area (Å²) >= 11 is 1.25. The maximum atomic E-state index is 12.7. The number of hydrogen-bond acceptors (Lipinski definition) is 5. The maximum Gasteiger partial charge on any atom is 0.387 e. The lowest BCUT2D eigenvalue weighted by Crippen LogP contribution is -2.31. The van der Waals surface area contributed by atoms with Crippen LogP contribution in [0.2, 0.25) is 0 Å². The van der Waals surface area contributed by atoms with Gasteiger partial charge in [0.2, 0.25) is 0 Å². The molecule has 0 spiro atoms. The predicted octanol–water partition coefficient (Wildman–Crippen LogP) is 3.90. The van der Waals surface area contributed by atoms with Gasteiger partial charge in [-0.05, 0) is 61.0 Å². The maximum absolute atomic E-state index is 12.7. The van der Waals surface area contributed by atoms with E-state index < -0.39 is 6.61 Å². The van der Waals surface area contributed by atoms with Crippen molar-refractivity contribution in [1.82, 2.24) is 9.69 Å². The highest BCUT2D eigenvalue weighted by molar-refractivity contribution is 7.10. The Bertz CT molecular complexity index is 779. The summed E-state index contributed by atoms with van der Waals surface area (Å²) in [6.45, 7) is -1.04. The van der Waals surface area contributed by atoms with Crippen LogP contribution in [0.5, 0.6) is 5.75 Å². The molecule has 1 aromatic heterocycles. The highest BCUT2D eigenvalue weighted by Gasteiger charge is 2.25. The number of halogens is 2. The molecule has 8 heteroatoms. The minimum Gasteiger partial charge on any atom is -0.435 e. The Hall–Kier alpha value is -2.22. The molecule has 0 unspecified atom stereocenters. The van der Waals surface area contributed by atoms with Crippen molar-refractivity contribution in [3.63, 3.8) is 0 Å². The number of benzene rings is 1. The predicted molar refractivity (Wildman–Crippen MR) is 92.6 cm³/mol. The van der Waals surface area contributed by atoms with E-state index in [1.54, 1.807) is 26.1 Å². The number of anilines is 1. The monoisotopic (exact) mass is 367 g/mol. The molecule has 1 aliphatic rings. The molecule has 25 heavy (non-hydrogen) atoms. The summed E-state index contributed by atoms with van der Waals surface area (Å²) in [5.41, 5.74) is 3.12. The minimum atomic E-state index is -2.84. The molecule has 0 aliphatic heterocycles. The zero-order valence-electron chi connectivity index (χ0n) is 13.9. The van der Waals surface area contributed by atoms with Crippen LogP contribution in [-0.2, 0) is 6.42 Å². The van der Waals surface area contributed by atoms with Gasteiger partial charge in [-0.15, -0.1) is 0 Å². The van der Waals surface area contributed by atoms with Gasteiger partial charge in [0.15, 0.2) is 0 Å². The molecule has 0 saturated carbocycles. The molecule has 3 rings (SSSR count). The van der Waals surface area contributed by atoms with Gasteiger partial charge in [-0.3, -0.25) is 4.79 Å². The Morgan fingerprint density at radius 3 is 2.96 bits per heavy atom. The van der Waals surface area contributed by atoms with E-state index in [-0.39, 0.29) is 17.7 Å². The number of aromatic nitrogens is 1. The van der Waals surface area contributed by atoms with Crippen LogP contribution in [0.15, 0.2) is 18.2 Å². The lowest BCUT2D eigenvalue weighted by atomic mass is 9.87. The van der Waals surface area contributed by atoms with Crippen LogP contribution in [0.3, 0.4) is 0 Å². The number of hydrogen-bond donors (Lipinski definition) is 2. The average molecular weight is 367 g/mol. The van der Waals surface area contributed by atoms with Gasteiger partial charge >= 0.3 is 6.61 Å². The van der Waals surface area contributed by atoms with Gasteiger partial charge in [0.1, 0.15) is 10.8 Å². The van der Waals surface area contributed by atoms with Gasteiger partial charge in [-0.25, -0.2) is 0 Å². The number of fused-ring (bicyclic) bond motifs is 1. The van der Waals surface area contributed by atoms with Gasteiger partial charge in [-0.2, -0.15) is 13.2 Å². The van der Waals surface area contributed by atoms with Crippen molar-refractivity contribution in [3.8, 4) is 5.75 Å². The van der Waals surface area contributed by atoms with E-state index in [4.69, 9.17) is 0 Å². The number of ether oxygens (including phenoxy) is 1. The van der Waals surface area contributed by atoms with Gasteiger partial charge in [0, 0.05) is 7.05 Å². The second-order valence-electron chi connectivity index (χ2n) is 5.88. The second kappa shape index (κ2) is 7.35. The van der Waals surface area contributed by atoms with Crippen molar-refractivity contribution in [2.45, 2.75) is 38.8 Å². The fraction of sp³-hybridized carbons (Fsp3) is 0.412. The van der Waals surface area contributed by atoms with E-state index in [2.05, 4.69) is 19.7 Å². The number of nitrogens with zero attached hydrogens (tertiary/aromatic N) is 1. The summed E-state index contributed by atoms with van der Waals surface area (Å²) in [6, 6.07) is 4.76. The number of aryl methyl sites for hydroxylation is 2. The van der Waals surface area contributed by atoms with Crippen molar-refractivity contribution in [2.24, 2.45) is 0 Å². The highest BCUT2D eigenvalue weighted by atomic mass is 32.1. The normalized spacial score (nSPS) is 16.4. The number of nitrogens with one attached hydrogen (secondary N) is 2. The second-order valence-corrected chi connectivity index (χ2v) is 6.65. The van der Waals surface area contributed by atoms with Crippen LogP contribution in [0.1, 0.15) is 46.1 Å². The lowest BCUT2D eigenvalue weighted by molar-refractivity contribution is -0.0499. The van der Waals surface area contributed by atoms with Gasteiger partial charge in [-0.1, -0.05) is 6.07 Å². The molecule has 0 fully saturated rings. The van der Waals surface area contributed by atoms with Crippen LogP contribution >= 0.6 is 11.5 Å². The zero-order valence-corrected chi connectivity index (χ0v) is 14.8. The van der Waals surface area contributed by atoms with E-state index in [0.29, 0.717) is 11.3 Å². The summed E-state index contributed by atoms with van der Waals surface area (Å²) in [4.78, 5) is 12.7. The molecule has 0 radical (unpaired) electrons. The molecule has 2 N–H and O–H groups in total. The van der Waals surface area contributed by atoms with Gasteiger partial charge in [0.05, 0.1) is 17.3 Å². The third-order valence-corrected chi connectivity index (χ3v) is 5.23. The van der Waals surface area contributed by atoms with Crippen molar-refractivity contribution < 1.29 is 18.3 Å². The highest BCUT2D eigenvalue weighted by Crippen LogP contribution is 2.33. The molecule has 0 bridgehead atoms. The largest absolute Gasteiger partial charge is 0.435 e. The first-order chi connectivity index (χ1) is 12.0. The number of amides is 1.